The molecule has 0 saturated heterocycles. The van der Waals surface area contributed by atoms with Crippen LogP contribution < -0.4 is 4.72 Å². The van der Waals surface area contributed by atoms with Gasteiger partial charge < -0.3 is 4.42 Å². The molecule has 2 aromatic carbocycles. The molecule has 1 N–H and O–H groups in total. The maximum Gasteiger partial charge on any atom is 0.261 e. The number of fused-ring (bicyclic) bond motifs is 1. The molecule has 1 heterocycles. The first-order valence-corrected chi connectivity index (χ1v) is 10.3. The summed E-state index contributed by atoms with van der Waals surface area (Å²) in [5.74, 6) is 0.336. The maximum absolute atomic E-state index is 12.7. The van der Waals surface area contributed by atoms with Crippen LogP contribution in [-0.2, 0) is 10.0 Å². The van der Waals surface area contributed by atoms with Gasteiger partial charge in [-0.2, -0.15) is 0 Å². The minimum Gasteiger partial charge on any atom is -0.459 e. The lowest BCUT2D eigenvalue weighted by atomic mass is 10.1. The van der Waals surface area contributed by atoms with Crippen LogP contribution in [0.5, 0.6) is 0 Å². The van der Waals surface area contributed by atoms with Crippen LogP contribution in [0.25, 0.3) is 11.0 Å². The summed E-state index contributed by atoms with van der Waals surface area (Å²) >= 11 is 9.33. The molecule has 5 nitrogen and oxygen atoms in total. The average molecular weight is 457 g/mol. The monoisotopic (exact) mass is 455 g/mol. The molecule has 0 amide bonds. The summed E-state index contributed by atoms with van der Waals surface area (Å²) in [5.41, 5.74) is 1.91. The number of Topliss-reactive ketones (excluding diaryl/α,β-unsaturated/α-hetero) is 1. The van der Waals surface area contributed by atoms with Crippen molar-refractivity contribution in [1.82, 2.24) is 0 Å². The number of anilines is 1. The highest BCUT2D eigenvalue weighted by molar-refractivity contribution is 9.10. The highest BCUT2D eigenvalue weighted by Gasteiger charge is 2.20. The van der Waals surface area contributed by atoms with Gasteiger partial charge in [0.05, 0.1) is 20.6 Å². The van der Waals surface area contributed by atoms with Crippen LogP contribution in [0.4, 0.5) is 5.69 Å². The van der Waals surface area contributed by atoms with Gasteiger partial charge in [-0.1, -0.05) is 11.6 Å². The van der Waals surface area contributed by atoms with E-state index in [4.69, 9.17) is 16.0 Å². The molecule has 3 aromatic rings. The van der Waals surface area contributed by atoms with Crippen LogP contribution in [0.15, 0.2) is 44.1 Å². The molecule has 8 heteroatoms. The van der Waals surface area contributed by atoms with Crippen LogP contribution >= 0.6 is 27.5 Å². The van der Waals surface area contributed by atoms with Gasteiger partial charge in [0.2, 0.25) is 0 Å². The highest BCUT2D eigenvalue weighted by Crippen LogP contribution is 2.35. The van der Waals surface area contributed by atoms with E-state index in [9.17, 15) is 13.2 Å². The second-order valence-corrected chi connectivity index (χ2v) is 8.88. The van der Waals surface area contributed by atoms with Gasteiger partial charge in [-0.25, -0.2) is 8.42 Å². The minimum atomic E-state index is -3.81. The lowest BCUT2D eigenvalue weighted by Gasteiger charge is -2.10. The lowest BCUT2D eigenvalue weighted by Crippen LogP contribution is -2.13. The van der Waals surface area contributed by atoms with E-state index in [1.807, 2.05) is 0 Å². The summed E-state index contributed by atoms with van der Waals surface area (Å²) in [6, 6.07) is 7.66. The van der Waals surface area contributed by atoms with Crippen LogP contribution in [0, 0.1) is 13.8 Å². The van der Waals surface area contributed by atoms with Gasteiger partial charge in [-0.3, -0.25) is 9.52 Å². The predicted octanol–water partition coefficient (Wildman–Crippen LogP) is 5.47. The van der Waals surface area contributed by atoms with Gasteiger partial charge in [0.15, 0.2) is 5.78 Å². The molecule has 0 bridgehead atoms. The number of halogens is 2. The number of furan rings is 1. The third-order valence-corrected chi connectivity index (χ3v) is 6.36. The number of hydrogen-bond donors (Lipinski definition) is 1. The van der Waals surface area contributed by atoms with Gasteiger partial charge in [0.1, 0.15) is 11.3 Å². The van der Waals surface area contributed by atoms with Crippen molar-refractivity contribution in [2.24, 2.45) is 0 Å². The summed E-state index contributed by atoms with van der Waals surface area (Å²) in [6.07, 6.45) is 0. The summed E-state index contributed by atoms with van der Waals surface area (Å²) in [4.78, 5) is 12.0. The fourth-order valence-electron chi connectivity index (χ4n) is 2.77. The van der Waals surface area contributed by atoms with Gasteiger partial charge in [0.25, 0.3) is 10.0 Å². The highest BCUT2D eigenvalue weighted by atomic mass is 79.9. The van der Waals surface area contributed by atoms with Crippen LogP contribution in [-0.4, -0.2) is 14.2 Å². The predicted molar refractivity (Wildman–Crippen MR) is 106 cm³/mol. The molecule has 1 aromatic heterocycles. The largest absolute Gasteiger partial charge is 0.459 e. The zero-order valence-electron chi connectivity index (χ0n) is 14.2. The van der Waals surface area contributed by atoms with E-state index in [1.54, 1.807) is 26.0 Å². The first kappa shape index (κ1) is 18.9. The molecule has 0 radical (unpaired) electrons. The molecule has 0 spiro atoms. The fraction of sp³-hybridized carbons (Fsp3) is 0.167. The molecular formula is C18H15BrClNO4S. The van der Waals surface area contributed by atoms with Crippen molar-refractivity contribution in [3.8, 4) is 0 Å². The Hall–Kier alpha value is -1.83. The number of nitrogens with one attached hydrogen (secondary N) is 1. The van der Waals surface area contributed by atoms with Crippen molar-refractivity contribution in [3.05, 3.63) is 56.7 Å². The smallest absolute Gasteiger partial charge is 0.261 e. The maximum atomic E-state index is 12.7. The number of rotatable bonds is 4. The van der Waals surface area contributed by atoms with Crippen molar-refractivity contribution >= 4 is 60.0 Å². The first-order chi connectivity index (χ1) is 12.1. The van der Waals surface area contributed by atoms with Gasteiger partial charge in [0, 0.05) is 10.4 Å². The zero-order chi connectivity index (χ0) is 19.2. The molecule has 3 rings (SSSR count). The quantitative estimate of drug-likeness (QED) is 0.528. The number of ketones is 1. The Kier molecular flexibility index (Phi) is 4.90. The molecule has 26 heavy (non-hydrogen) atoms. The Morgan fingerprint density at radius 1 is 1.19 bits per heavy atom. The van der Waals surface area contributed by atoms with Crippen LogP contribution in [0.3, 0.4) is 0 Å². The third-order valence-electron chi connectivity index (χ3n) is 3.96. The van der Waals surface area contributed by atoms with E-state index in [1.165, 1.54) is 25.1 Å². The van der Waals surface area contributed by atoms with Crippen LogP contribution in [0.1, 0.15) is 28.6 Å². The Morgan fingerprint density at radius 2 is 1.88 bits per heavy atom. The van der Waals surface area contributed by atoms with E-state index in [0.717, 1.165) is 0 Å². The van der Waals surface area contributed by atoms with E-state index < -0.39 is 10.0 Å². The Bertz CT molecular complexity index is 1150. The average Bonchev–Trinajstić information content (AvgIpc) is 2.86. The SMILES string of the molecule is CC(=O)c1c(C)oc2c(Br)cc(NS(=O)(=O)c3ccc(Cl)c(C)c3)cc12. The van der Waals surface area contributed by atoms with Crippen molar-refractivity contribution in [1.29, 1.82) is 0 Å². The number of aryl methyl sites for hydroxylation is 2. The topological polar surface area (TPSA) is 76.4 Å². The van der Waals surface area contributed by atoms with Crippen molar-refractivity contribution in [2.45, 2.75) is 25.7 Å². The molecule has 0 aliphatic rings. The number of carbonyl (C=O) groups is 1. The van der Waals surface area contributed by atoms with Gasteiger partial charge in [-0.15, -0.1) is 0 Å². The van der Waals surface area contributed by atoms with E-state index >= 15 is 0 Å². The van der Waals surface area contributed by atoms with Crippen molar-refractivity contribution in [3.63, 3.8) is 0 Å². The van der Waals surface area contributed by atoms with Gasteiger partial charge in [-0.05, 0) is 72.6 Å². The Labute approximate surface area is 164 Å². The molecule has 0 atom stereocenters. The van der Waals surface area contributed by atoms with E-state index in [0.29, 0.717) is 43.0 Å². The van der Waals surface area contributed by atoms with Crippen molar-refractivity contribution < 1.29 is 17.6 Å². The second kappa shape index (κ2) is 6.72. The van der Waals surface area contributed by atoms with E-state index in [2.05, 4.69) is 20.7 Å². The Balaban J connectivity index is 2.09. The zero-order valence-corrected chi connectivity index (χ0v) is 17.3. The minimum absolute atomic E-state index is 0.103. The van der Waals surface area contributed by atoms with Crippen LogP contribution in [0.2, 0.25) is 5.02 Å². The van der Waals surface area contributed by atoms with Gasteiger partial charge >= 0.3 is 0 Å². The lowest BCUT2D eigenvalue weighted by molar-refractivity contribution is 0.101. The summed E-state index contributed by atoms with van der Waals surface area (Å²) in [5, 5.41) is 1.04. The summed E-state index contributed by atoms with van der Waals surface area (Å²) in [6.45, 7) is 4.87. The standard InChI is InChI=1S/C18H15BrClNO4S/c1-9-6-13(4-5-16(9)20)26(23,24)21-12-7-14-17(10(2)22)11(3)25-18(14)15(19)8-12/h4-8,21H,1-3H3. The normalized spacial score (nSPS) is 11.7. The van der Waals surface area contributed by atoms with E-state index in [-0.39, 0.29) is 10.7 Å². The van der Waals surface area contributed by atoms with Crippen molar-refractivity contribution in [2.75, 3.05) is 4.72 Å². The second-order valence-electron chi connectivity index (χ2n) is 5.94. The number of hydrogen-bond acceptors (Lipinski definition) is 4. The number of benzene rings is 2. The molecule has 136 valence electrons. The molecule has 0 aliphatic heterocycles. The molecular weight excluding hydrogens is 442 g/mol. The summed E-state index contributed by atoms with van der Waals surface area (Å²) < 4.78 is 34.1. The third kappa shape index (κ3) is 3.39. The Morgan fingerprint density at radius 3 is 2.50 bits per heavy atom. The molecule has 0 saturated carbocycles. The number of sulfonamides is 1. The first-order valence-electron chi connectivity index (χ1n) is 7.62. The fourth-order valence-corrected chi connectivity index (χ4v) is 4.56. The summed E-state index contributed by atoms with van der Waals surface area (Å²) in [7, 11) is -3.81. The molecule has 0 unspecified atom stereocenters. The molecule has 0 aliphatic carbocycles. The number of carbonyl (C=O) groups excluding carboxylic acids is 1. The molecule has 0 fully saturated rings.